The molecule has 0 spiro atoms. The maximum atomic E-state index is 13.0. The minimum Gasteiger partial charge on any atom is -0.495 e. The van der Waals surface area contributed by atoms with Crippen molar-refractivity contribution in [2.45, 2.75) is 6.18 Å². The first kappa shape index (κ1) is 21.1. The Balaban J connectivity index is 2.03. The Bertz CT molecular complexity index is 1090. The average molecular weight is 440 g/mol. The van der Waals surface area contributed by atoms with E-state index in [2.05, 4.69) is 20.6 Å². The van der Waals surface area contributed by atoms with Crippen LogP contribution in [0, 0.1) is 10.1 Å². The van der Waals surface area contributed by atoms with Crippen LogP contribution in [0.5, 0.6) is 5.75 Å². The summed E-state index contributed by atoms with van der Waals surface area (Å²) in [5, 5.41) is 16.9. The molecule has 1 heterocycles. The number of nitrogens with one attached hydrogen (secondary N) is 2. The number of methoxy groups -OCH3 is 1. The number of rotatable bonds is 6. The van der Waals surface area contributed by atoms with Crippen LogP contribution in [0.2, 0.25) is 5.02 Å². The van der Waals surface area contributed by atoms with E-state index in [0.29, 0.717) is 11.4 Å². The molecule has 0 atom stereocenters. The van der Waals surface area contributed by atoms with E-state index in [1.54, 1.807) is 24.3 Å². The quantitative estimate of drug-likeness (QED) is 0.383. The third-order valence-corrected chi connectivity index (χ3v) is 4.24. The summed E-state index contributed by atoms with van der Waals surface area (Å²) < 4.78 is 44.2. The van der Waals surface area contributed by atoms with Crippen LogP contribution in [-0.4, -0.2) is 22.0 Å². The second kappa shape index (κ2) is 8.41. The van der Waals surface area contributed by atoms with Gasteiger partial charge in [0.2, 0.25) is 11.6 Å². The van der Waals surface area contributed by atoms with Crippen LogP contribution in [0.25, 0.3) is 0 Å². The van der Waals surface area contributed by atoms with Gasteiger partial charge in [-0.2, -0.15) is 13.2 Å². The van der Waals surface area contributed by atoms with Gasteiger partial charge >= 0.3 is 11.9 Å². The molecule has 0 saturated carbocycles. The number of anilines is 4. The molecule has 30 heavy (non-hydrogen) atoms. The van der Waals surface area contributed by atoms with Crippen molar-refractivity contribution < 1.29 is 22.8 Å². The standard InChI is InChI=1S/C18H13ClF3N5O3/c1-30-14-5-3-2-4-12(14)25-16-15(27(28)29)17(24-9-23-16)26-13-8-10(18(20,21)22)6-7-11(13)19/h2-9H,1H3,(H2,23,24,25,26). The van der Waals surface area contributed by atoms with Crippen LogP contribution in [0.15, 0.2) is 48.8 Å². The molecule has 0 fully saturated rings. The maximum Gasteiger partial charge on any atom is 0.416 e. The van der Waals surface area contributed by atoms with Crippen molar-refractivity contribution >= 4 is 40.3 Å². The van der Waals surface area contributed by atoms with Crippen LogP contribution in [0.3, 0.4) is 0 Å². The Morgan fingerprint density at radius 3 is 2.30 bits per heavy atom. The Hall–Kier alpha value is -3.60. The van der Waals surface area contributed by atoms with E-state index in [1.165, 1.54) is 7.11 Å². The Labute approximate surface area is 172 Å². The van der Waals surface area contributed by atoms with Gasteiger partial charge in [0.1, 0.15) is 12.1 Å². The number of nitro groups is 1. The minimum absolute atomic E-state index is 0.0739. The molecule has 0 radical (unpaired) electrons. The predicted octanol–water partition coefficient (Wildman–Crippen LogP) is 5.55. The summed E-state index contributed by atoms with van der Waals surface area (Å²) in [4.78, 5) is 18.6. The highest BCUT2D eigenvalue weighted by atomic mass is 35.5. The maximum absolute atomic E-state index is 13.0. The third-order valence-electron chi connectivity index (χ3n) is 3.91. The zero-order chi connectivity index (χ0) is 21.9. The minimum atomic E-state index is -4.62. The van der Waals surface area contributed by atoms with Crippen molar-refractivity contribution in [3.05, 3.63) is 69.5 Å². The van der Waals surface area contributed by atoms with Crippen LogP contribution < -0.4 is 15.4 Å². The molecule has 0 aliphatic rings. The van der Waals surface area contributed by atoms with Gasteiger partial charge in [0.25, 0.3) is 0 Å². The van der Waals surface area contributed by atoms with Crippen molar-refractivity contribution in [1.29, 1.82) is 0 Å². The first-order chi connectivity index (χ1) is 14.2. The molecule has 156 valence electrons. The summed E-state index contributed by atoms with van der Waals surface area (Å²) in [7, 11) is 1.43. The molecule has 0 unspecified atom stereocenters. The van der Waals surface area contributed by atoms with E-state index in [4.69, 9.17) is 16.3 Å². The second-order valence-corrected chi connectivity index (χ2v) is 6.23. The predicted molar refractivity (Wildman–Crippen MR) is 105 cm³/mol. The SMILES string of the molecule is COc1ccccc1Nc1ncnc(Nc2cc(C(F)(F)F)ccc2Cl)c1[N+](=O)[O-]. The fraction of sp³-hybridized carbons (Fsp3) is 0.111. The highest BCUT2D eigenvalue weighted by Crippen LogP contribution is 2.38. The van der Waals surface area contributed by atoms with Crippen LogP contribution in [-0.2, 0) is 6.18 Å². The molecule has 0 amide bonds. The van der Waals surface area contributed by atoms with Gasteiger partial charge in [0.15, 0.2) is 0 Å². The Morgan fingerprint density at radius 2 is 1.70 bits per heavy atom. The molecule has 3 aromatic rings. The molecule has 0 bridgehead atoms. The highest BCUT2D eigenvalue weighted by molar-refractivity contribution is 6.33. The number of halogens is 4. The summed E-state index contributed by atoms with van der Waals surface area (Å²) in [6.45, 7) is 0. The number of benzene rings is 2. The van der Waals surface area contributed by atoms with Gasteiger partial charge in [-0.1, -0.05) is 23.7 Å². The second-order valence-electron chi connectivity index (χ2n) is 5.82. The average Bonchev–Trinajstić information content (AvgIpc) is 2.69. The number of aromatic nitrogens is 2. The summed E-state index contributed by atoms with van der Waals surface area (Å²) in [6, 6.07) is 9.21. The molecule has 2 aromatic carbocycles. The fourth-order valence-corrected chi connectivity index (χ4v) is 2.70. The molecule has 3 rings (SSSR count). The fourth-order valence-electron chi connectivity index (χ4n) is 2.54. The normalized spacial score (nSPS) is 11.1. The monoisotopic (exact) mass is 439 g/mol. The molecule has 0 aliphatic carbocycles. The number of hydrogen-bond donors (Lipinski definition) is 2. The molecular weight excluding hydrogens is 427 g/mol. The van der Waals surface area contributed by atoms with E-state index < -0.39 is 22.4 Å². The van der Waals surface area contributed by atoms with E-state index in [1.807, 2.05) is 0 Å². The molecular formula is C18H13ClF3N5O3. The van der Waals surface area contributed by atoms with Crippen molar-refractivity contribution in [3.63, 3.8) is 0 Å². The van der Waals surface area contributed by atoms with Crippen molar-refractivity contribution in [2.24, 2.45) is 0 Å². The molecule has 1 aromatic heterocycles. The lowest BCUT2D eigenvalue weighted by atomic mass is 10.2. The number of para-hydroxylation sites is 2. The van der Waals surface area contributed by atoms with Crippen LogP contribution in [0.1, 0.15) is 5.56 Å². The lowest BCUT2D eigenvalue weighted by Gasteiger charge is -2.14. The zero-order valence-corrected chi connectivity index (χ0v) is 16.0. The molecule has 0 saturated heterocycles. The number of ether oxygens (including phenoxy) is 1. The number of hydrogen-bond acceptors (Lipinski definition) is 7. The molecule has 2 N–H and O–H groups in total. The van der Waals surface area contributed by atoms with Crippen molar-refractivity contribution in [1.82, 2.24) is 9.97 Å². The first-order valence-corrected chi connectivity index (χ1v) is 8.61. The number of nitrogens with zero attached hydrogens (tertiary/aromatic N) is 3. The van der Waals surface area contributed by atoms with Crippen LogP contribution in [0.4, 0.5) is 41.9 Å². The van der Waals surface area contributed by atoms with Crippen molar-refractivity contribution in [3.8, 4) is 5.75 Å². The third kappa shape index (κ3) is 4.51. The van der Waals surface area contributed by atoms with E-state index >= 15 is 0 Å². The van der Waals surface area contributed by atoms with Gasteiger partial charge in [-0.05, 0) is 30.3 Å². The van der Waals surface area contributed by atoms with Crippen molar-refractivity contribution in [2.75, 3.05) is 17.7 Å². The zero-order valence-electron chi connectivity index (χ0n) is 15.2. The first-order valence-electron chi connectivity index (χ1n) is 8.24. The van der Waals surface area contributed by atoms with Gasteiger partial charge in [-0.3, -0.25) is 10.1 Å². The summed E-state index contributed by atoms with van der Waals surface area (Å²) in [6.07, 6.45) is -3.59. The molecule has 12 heteroatoms. The van der Waals surface area contributed by atoms with Crippen LogP contribution >= 0.6 is 11.6 Å². The topological polar surface area (TPSA) is 102 Å². The lowest BCUT2D eigenvalue weighted by Crippen LogP contribution is -2.08. The molecule has 8 nitrogen and oxygen atoms in total. The van der Waals surface area contributed by atoms with E-state index in [9.17, 15) is 23.3 Å². The summed E-state index contributed by atoms with van der Waals surface area (Å²) in [5.74, 6) is -0.125. The van der Waals surface area contributed by atoms with Gasteiger partial charge in [-0.15, -0.1) is 0 Å². The van der Waals surface area contributed by atoms with Gasteiger partial charge in [0, 0.05) is 0 Å². The smallest absolute Gasteiger partial charge is 0.416 e. The lowest BCUT2D eigenvalue weighted by molar-refractivity contribution is -0.383. The Morgan fingerprint density at radius 1 is 1.07 bits per heavy atom. The summed E-state index contributed by atoms with van der Waals surface area (Å²) >= 11 is 5.96. The summed E-state index contributed by atoms with van der Waals surface area (Å²) in [5.41, 5.74) is -1.36. The highest BCUT2D eigenvalue weighted by Gasteiger charge is 2.31. The van der Waals surface area contributed by atoms with E-state index in [0.717, 1.165) is 24.5 Å². The Kier molecular flexibility index (Phi) is 5.92. The van der Waals surface area contributed by atoms with Gasteiger partial charge < -0.3 is 15.4 Å². The van der Waals surface area contributed by atoms with Gasteiger partial charge in [0.05, 0.1) is 34.0 Å². The molecule has 0 aliphatic heterocycles. The largest absolute Gasteiger partial charge is 0.495 e. The van der Waals surface area contributed by atoms with Gasteiger partial charge in [-0.25, -0.2) is 9.97 Å². The number of alkyl halides is 3. The van der Waals surface area contributed by atoms with E-state index in [-0.39, 0.29) is 22.3 Å².